The van der Waals surface area contributed by atoms with Gasteiger partial charge in [-0.05, 0) is 47.7 Å². The molecular formula is C14H29N3O3. The molecule has 2 N–H and O–H groups in total. The third-order valence-corrected chi connectivity index (χ3v) is 3.45. The molecule has 0 spiro atoms. The van der Waals surface area contributed by atoms with Crippen LogP contribution in [-0.4, -0.2) is 65.7 Å². The lowest BCUT2D eigenvalue weighted by molar-refractivity contribution is -0.138. The molecule has 0 bridgehead atoms. The highest BCUT2D eigenvalue weighted by molar-refractivity contribution is 5.75. The van der Waals surface area contributed by atoms with E-state index in [-0.39, 0.29) is 18.5 Å². The van der Waals surface area contributed by atoms with Crippen molar-refractivity contribution in [3.8, 4) is 0 Å². The van der Waals surface area contributed by atoms with Crippen molar-refractivity contribution >= 4 is 12.0 Å². The van der Waals surface area contributed by atoms with Gasteiger partial charge in [-0.15, -0.1) is 0 Å². The molecular weight excluding hydrogens is 258 g/mol. The number of hydrogen-bond donors (Lipinski definition) is 2. The minimum Gasteiger partial charge on any atom is -0.481 e. The highest BCUT2D eigenvalue weighted by Gasteiger charge is 2.20. The number of hydrogen-bond acceptors (Lipinski definition) is 3. The number of carboxylic acids is 1. The van der Waals surface area contributed by atoms with Crippen molar-refractivity contribution in [2.75, 3.05) is 26.7 Å². The predicted molar refractivity (Wildman–Crippen MR) is 79.9 cm³/mol. The van der Waals surface area contributed by atoms with Crippen molar-refractivity contribution in [2.24, 2.45) is 0 Å². The fourth-order valence-corrected chi connectivity index (χ4v) is 1.90. The Kier molecular flexibility index (Phi) is 8.96. The second kappa shape index (κ2) is 9.58. The molecule has 0 saturated heterocycles. The normalized spacial score (nSPS) is 12.6. The van der Waals surface area contributed by atoms with Gasteiger partial charge in [-0.1, -0.05) is 0 Å². The zero-order valence-corrected chi connectivity index (χ0v) is 13.3. The van der Waals surface area contributed by atoms with Gasteiger partial charge in [0, 0.05) is 25.2 Å². The van der Waals surface area contributed by atoms with Crippen LogP contribution in [0.2, 0.25) is 0 Å². The molecule has 2 amide bonds. The molecule has 0 aromatic rings. The van der Waals surface area contributed by atoms with E-state index in [1.165, 1.54) is 0 Å². The third-order valence-electron chi connectivity index (χ3n) is 3.45. The topological polar surface area (TPSA) is 72.9 Å². The molecule has 0 aromatic heterocycles. The maximum atomic E-state index is 12.0. The van der Waals surface area contributed by atoms with E-state index in [2.05, 4.69) is 31.1 Å². The first-order valence-corrected chi connectivity index (χ1v) is 7.26. The molecule has 0 aliphatic carbocycles. The Morgan fingerprint density at radius 2 is 1.85 bits per heavy atom. The molecule has 1 unspecified atom stereocenters. The molecule has 0 aliphatic heterocycles. The average molecular weight is 287 g/mol. The molecule has 1 atom stereocenters. The lowest BCUT2D eigenvalue weighted by atomic mass is 10.2. The predicted octanol–water partition coefficient (Wildman–Crippen LogP) is 1.61. The monoisotopic (exact) mass is 287 g/mol. The first-order chi connectivity index (χ1) is 9.29. The molecule has 6 nitrogen and oxygen atoms in total. The summed E-state index contributed by atoms with van der Waals surface area (Å²) in [7, 11) is 2.06. The number of rotatable bonds is 9. The standard InChI is InChI=1S/C14H29N3O3/c1-6-17(12(4)10-13(18)19)14(20)15-8-7-9-16(5)11(2)3/h11-12H,6-10H2,1-5H3,(H,15,20)(H,18,19). The molecule has 6 heteroatoms. The zero-order valence-electron chi connectivity index (χ0n) is 13.3. The lowest BCUT2D eigenvalue weighted by Crippen LogP contribution is -2.46. The molecule has 0 rings (SSSR count). The summed E-state index contributed by atoms with van der Waals surface area (Å²) in [6.07, 6.45) is 0.850. The van der Waals surface area contributed by atoms with Gasteiger partial charge in [0.1, 0.15) is 0 Å². The van der Waals surface area contributed by atoms with Crippen LogP contribution in [0.1, 0.15) is 40.5 Å². The summed E-state index contributed by atoms with van der Waals surface area (Å²) in [5.41, 5.74) is 0. The smallest absolute Gasteiger partial charge is 0.317 e. The van der Waals surface area contributed by atoms with Crippen LogP contribution in [0.5, 0.6) is 0 Å². The maximum Gasteiger partial charge on any atom is 0.317 e. The van der Waals surface area contributed by atoms with E-state index >= 15 is 0 Å². The van der Waals surface area contributed by atoms with Gasteiger partial charge in [-0.25, -0.2) is 4.79 Å². The zero-order chi connectivity index (χ0) is 15.7. The van der Waals surface area contributed by atoms with Crippen LogP contribution in [0, 0.1) is 0 Å². The number of aliphatic carboxylic acids is 1. The van der Waals surface area contributed by atoms with Crippen LogP contribution in [0.3, 0.4) is 0 Å². The van der Waals surface area contributed by atoms with Crippen LogP contribution in [0.4, 0.5) is 4.79 Å². The van der Waals surface area contributed by atoms with Crippen LogP contribution < -0.4 is 5.32 Å². The number of urea groups is 1. The molecule has 0 heterocycles. The van der Waals surface area contributed by atoms with Gasteiger partial charge in [0.2, 0.25) is 0 Å². The summed E-state index contributed by atoms with van der Waals surface area (Å²) in [4.78, 5) is 26.4. The van der Waals surface area contributed by atoms with Gasteiger partial charge < -0.3 is 20.2 Å². The van der Waals surface area contributed by atoms with E-state index in [4.69, 9.17) is 5.11 Å². The summed E-state index contributed by atoms with van der Waals surface area (Å²) in [6, 6.07) is 0.0118. The van der Waals surface area contributed by atoms with Crippen molar-refractivity contribution in [1.82, 2.24) is 15.1 Å². The Labute approximate surface area is 122 Å². The molecule has 0 aliphatic rings. The Bertz CT molecular complexity index is 308. The molecule has 0 radical (unpaired) electrons. The van der Waals surface area contributed by atoms with Crippen LogP contribution in [-0.2, 0) is 4.79 Å². The van der Waals surface area contributed by atoms with Crippen LogP contribution in [0.15, 0.2) is 0 Å². The summed E-state index contributed by atoms with van der Waals surface area (Å²) in [5.74, 6) is -0.887. The highest BCUT2D eigenvalue weighted by atomic mass is 16.4. The summed E-state index contributed by atoms with van der Waals surface area (Å²) < 4.78 is 0. The first-order valence-electron chi connectivity index (χ1n) is 7.26. The van der Waals surface area contributed by atoms with E-state index in [1.807, 2.05) is 6.92 Å². The number of nitrogens with zero attached hydrogens (tertiary/aromatic N) is 2. The van der Waals surface area contributed by atoms with Gasteiger partial charge in [0.25, 0.3) is 0 Å². The van der Waals surface area contributed by atoms with Crippen molar-refractivity contribution in [2.45, 2.75) is 52.6 Å². The van der Waals surface area contributed by atoms with Gasteiger partial charge in [0.05, 0.1) is 6.42 Å². The molecule has 0 saturated carbocycles. The Morgan fingerprint density at radius 3 is 2.30 bits per heavy atom. The summed E-state index contributed by atoms with van der Waals surface area (Å²) in [6.45, 7) is 9.90. The average Bonchev–Trinajstić information content (AvgIpc) is 2.34. The molecule has 118 valence electrons. The third kappa shape index (κ3) is 7.33. The highest BCUT2D eigenvalue weighted by Crippen LogP contribution is 2.04. The second-order valence-corrected chi connectivity index (χ2v) is 5.39. The fraction of sp³-hybridized carbons (Fsp3) is 0.857. The van der Waals surface area contributed by atoms with Crippen molar-refractivity contribution in [1.29, 1.82) is 0 Å². The van der Waals surface area contributed by atoms with Crippen molar-refractivity contribution in [3.05, 3.63) is 0 Å². The van der Waals surface area contributed by atoms with Crippen LogP contribution >= 0.6 is 0 Å². The van der Waals surface area contributed by atoms with E-state index in [1.54, 1.807) is 11.8 Å². The Morgan fingerprint density at radius 1 is 1.25 bits per heavy atom. The van der Waals surface area contributed by atoms with Gasteiger partial charge >= 0.3 is 12.0 Å². The number of carbonyl (C=O) groups excluding carboxylic acids is 1. The SMILES string of the molecule is CCN(C(=O)NCCCN(C)C(C)C)C(C)CC(=O)O. The second-order valence-electron chi connectivity index (χ2n) is 5.39. The Balaban J connectivity index is 4.07. The number of carbonyl (C=O) groups is 2. The molecule has 0 aromatic carbocycles. The quantitative estimate of drug-likeness (QED) is 0.632. The molecule has 0 fully saturated rings. The summed E-state index contributed by atoms with van der Waals surface area (Å²) >= 11 is 0. The van der Waals surface area contributed by atoms with Crippen molar-refractivity contribution < 1.29 is 14.7 Å². The lowest BCUT2D eigenvalue weighted by Gasteiger charge is -2.27. The largest absolute Gasteiger partial charge is 0.481 e. The minimum atomic E-state index is -0.887. The van der Waals surface area contributed by atoms with E-state index in [0.717, 1.165) is 13.0 Å². The van der Waals surface area contributed by atoms with E-state index < -0.39 is 5.97 Å². The number of amides is 2. The first kappa shape index (κ1) is 18.7. The van der Waals surface area contributed by atoms with Crippen LogP contribution in [0.25, 0.3) is 0 Å². The fourth-order valence-electron chi connectivity index (χ4n) is 1.90. The Hall–Kier alpha value is -1.30. The van der Waals surface area contributed by atoms with Gasteiger partial charge in [0.15, 0.2) is 0 Å². The van der Waals surface area contributed by atoms with E-state index in [9.17, 15) is 9.59 Å². The number of nitrogens with one attached hydrogen (secondary N) is 1. The maximum absolute atomic E-state index is 12.0. The van der Waals surface area contributed by atoms with Gasteiger partial charge in [-0.3, -0.25) is 4.79 Å². The van der Waals surface area contributed by atoms with E-state index in [0.29, 0.717) is 19.1 Å². The number of carboxylic acid groups (broad SMARTS) is 1. The molecule has 20 heavy (non-hydrogen) atoms. The summed E-state index contributed by atoms with van der Waals surface area (Å²) in [5, 5.41) is 11.6. The van der Waals surface area contributed by atoms with Crippen molar-refractivity contribution in [3.63, 3.8) is 0 Å². The van der Waals surface area contributed by atoms with Gasteiger partial charge in [-0.2, -0.15) is 0 Å². The minimum absolute atomic E-state index is 0.0304.